The topological polar surface area (TPSA) is 95.9 Å². The van der Waals surface area contributed by atoms with Crippen molar-refractivity contribution in [3.8, 4) is 17.2 Å². The summed E-state index contributed by atoms with van der Waals surface area (Å²) in [7, 11) is 0. The normalized spacial score (nSPS) is 10.8. The highest BCUT2D eigenvalue weighted by Gasteiger charge is 2.18. The van der Waals surface area contributed by atoms with Crippen LogP contribution in [0.4, 0.5) is 5.69 Å². The third kappa shape index (κ3) is 5.72. The summed E-state index contributed by atoms with van der Waals surface area (Å²) in [5, 5.41) is 21.3. The summed E-state index contributed by atoms with van der Waals surface area (Å²) in [6.07, 6.45) is 0.109. The third-order valence-corrected chi connectivity index (χ3v) is 5.45. The summed E-state index contributed by atoms with van der Waals surface area (Å²) in [6.45, 7) is 5.92. The lowest BCUT2D eigenvalue weighted by Gasteiger charge is -2.17. The first kappa shape index (κ1) is 22.2. The molecule has 0 saturated carbocycles. The van der Waals surface area contributed by atoms with Crippen molar-refractivity contribution >= 4 is 49.4 Å². The number of anilines is 1. The van der Waals surface area contributed by atoms with Gasteiger partial charge < -0.3 is 20.3 Å². The molecule has 0 bridgehead atoms. The van der Waals surface area contributed by atoms with E-state index in [-0.39, 0.29) is 5.75 Å². The number of benzene rings is 2. The zero-order valence-electron chi connectivity index (χ0n) is 15.7. The fourth-order valence-corrected chi connectivity index (χ4v) is 3.88. The molecule has 6 nitrogen and oxygen atoms in total. The molecule has 0 radical (unpaired) electrons. The van der Waals surface area contributed by atoms with Gasteiger partial charge in [-0.1, -0.05) is 13.8 Å². The van der Waals surface area contributed by atoms with Crippen LogP contribution in [0, 0.1) is 12.8 Å². The summed E-state index contributed by atoms with van der Waals surface area (Å²) >= 11 is 6.91. The number of hydrogen-bond acceptors (Lipinski definition) is 4. The number of nitrogens with one attached hydrogen (secondary N) is 1. The number of rotatable bonds is 7. The molecule has 0 unspecified atom stereocenters. The number of aliphatic carboxylic acids is 1. The molecule has 0 aromatic heterocycles. The number of carboxylic acid groups (broad SMARTS) is 1. The predicted molar refractivity (Wildman–Crippen MR) is 114 cm³/mol. The summed E-state index contributed by atoms with van der Waals surface area (Å²) in [5.41, 5.74) is 1.97. The lowest BCUT2D eigenvalue weighted by molar-refractivity contribution is -0.139. The Hall–Kier alpha value is -2.06. The Morgan fingerprint density at radius 3 is 2.50 bits per heavy atom. The Balaban J connectivity index is 2.31. The van der Waals surface area contributed by atoms with Crippen molar-refractivity contribution in [3.63, 3.8) is 0 Å². The van der Waals surface area contributed by atoms with Crippen molar-refractivity contribution in [3.05, 3.63) is 44.3 Å². The summed E-state index contributed by atoms with van der Waals surface area (Å²) in [6, 6.07) is 6.73. The largest absolute Gasteiger partial charge is 0.508 e. The van der Waals surface area contributed by atoms with Crippen molar-refractivity contribution in [2.75, 3.05) is 5.32 Å². The molecule has 0 aliphatic rings. The van der Waals surface area contributed by atoms with Gasteiger partial charge in [0.2, 0.25) is 5.91 Å². The van der Waals surface area contributed by atoms with Crippen LogP contribution in [-0.2, 0) is 16.0 Å². The zero-order valence-corrected chi connectivity index (χ0v) is 18.8. The first-order valence-corrected chi connectivity index (χ1v) is 10.2. The Morgan fingerprint density at radius 2 is 1.89 bits per heavy atom. The number of ether oxygens (including phenoxy) is 1. The second kappa shape index (κ2) is 9.43. The molecule has 2 rings (SSSR count). The molecule has 2 aromatic rings. The summed E-state index contributed by atoms with van der Waals surface area (Å²) in [4.78, 5) is 22.4. The number of phenols is 1. The van der Waals surface area contributed by atoms with E-state index in [0.717, 1.165) is 12.0 Å². The Bertz CT molecular complexity index is 912. The lowest BCUT2D eigenvalue weighted by atomic mass is 10.0. The van der Waals surface area contributed by atoms with E-state index < -0.39 is 18.3 Å². The van der Waals surface area contributed by atoms with E-state index in [1.807, 2.05) is 0 Å². The highest BCUT2D eigenvalue weighted by Crippen LogP contribution is 2.42. The molecule has 1 amide bonds. The van der Waals surface area contributed by atoms with Gasteiger partial charge in [-0.15, -0.1) is 0 Å². The maximum absolute atomic E-state index is 11.8. The van der Waals surface area contributed by atoms with Crippen LogP contribution in [0.3, 0.4) is 0 Å². The third-order valence-electron chi connectivity index (χ3n) is 3.91. The number of carbonyl (C=O) groups is 2. The van der Waals surface area contributed by atoms with Gasteiger partial charge in [0.25, 0.3) is 0 Å². The van der Waals surface area contributed by atoms with Crippen LogP contribution in [0.1, 0.15) is 31.4 Å². The van der Waals surface area contributed by atoms with Gasteiger partial charge in [0.15, 0.2) is 5.75 Å². The summed E-state index contributed by atoms with van der Waals surface area (Å²) in [5.74, 6) is -0.119. The molecule has 0 atom stereocenters. The number of hydrogen-bond donors (Lipinski definition) is 3. The first-order chi connectivity index (χ1) is 13.1. The quantitative estimate of drug-likeness (QED) is 0.416. The second-order valence-electron chi connectivity index (χ2n) is 6.78. The van der Waals surface area contributed by atoms with E-state index >= 15 is 0 Å². The van der Waals surface area contributed by atoms with E-state index in [0.29, 0.717) is 37.6 Å². The van der Waals surface area contributed by atoms with E-state index in [9.17, 15) is 14.7 Å². The van der Waals surface area contributed by atoms with E-state index in [2.05, 4.69) is 51.0 Å². The lowest BCUT2D eigenvalue weighted by Crippen LogP contribution is -2.16. The van der Waals surface area contributed by atoms with Gasteiger partial charge in [0.05, 0.1) is 8.95 Å². The minimum absolute atomic E-state index is 0.229. The molecule has 150 valence electrons. The highest BCUT2D eigenvalue weighted by molar-refractivity contribution is 9.11. The van der Waals surface area contributed by atoms with Gasteiger partial charge in [0, 0.05) is 5.69 Å². The molecular formula is C20H21Br2NO5. The van der Waals surface area contributed by atoms with Gasteiger partial charge in [-0.05, 0) is 86.5 Å². The van der Waals surface area contributed by atoms with Crippen LogP contribution in [0.25, 0.3) is 0 Å². The van der Waals surface area contributed by atoms with Crippen LogP contribution in [0.15, 0.2) is 33.2 Å². The zero-order chi connectivity index (χ0) is 21.0. The van der Waals surface area contributed by atoms with Gasteiger partial charge >= 0.3 is 5.97 Å². The van der Waals surface area contributed by atoms with Crippen LogP contribution in [-0.4, -0.2) is 22.1 Å². The van der Waals surface area contributed by atoms with Gasteiger partial charge in [-0.2, -0.15) is 0 Å². The minimum Gasteiger partial charge on any atom is -0.508 e. The number of carboxylic acids is 1. The van der Waals surface area contributed by atoms with Gasteiger partial charge in [0.1, 0.15) is 17.9 Å². The number of amides is 1. The van der Waals surface area contributed by atoms with E-state index in [4.69, 9.17) is 9.84 Å². The van der Waals surface area contributed by atoms with Gasteiger partial charge in [-0.3, -0.25) is 9.59 Å². The van der Waals surface area contributed by atoms with Crippen LogP contribution >= 0.6 is 31.9 Å². The molecular weight excluding hydrogens is 494 g/mol. The smallest absolute Gasteiger partial charge is 0.312 e. The molecule has 3 N–H and O–H groups in total. The predicted octanol–water partition coefficient (Wildman–Crippen LogP) is 5.63. The van der Waals surface area contributed by atoms with E-state index in [1.54, 1.807) is 31.2 Å². The number of halogens is 2. The standard InChI is InChI=1S/C20H21Br2NO5/c1-10(2)6-12-7-13(4-5-16(12)24)28-20-14(21)8-15(11(3)19(20)22)23-17(25)9-18(26)27/h4-5,7-8,10,24H,6,9H2,1-3H3,(H,23,25)(H,26,27). The molecule has 0 saturated heterocycles. The fourth-order valence-electron chi connectivity index (χ4n) is 2.60. The van der Waals surface area contributed by atoms with Crippen molar-refractivity contribution in [2.45, 2.75) is 33.6 Å². The van der Waals surface area contributed by atoms with Crippen molar-refractivity contribution < 1.29 is 24.5 Å². The maximum atomic E-state index is 11.8. The molecule has 8 heteroatoms. The summed E-state index contributed by atoms with van der Waals surface area (Å²) < 4.78 is 7.21. The molecule has 0 aliphatic heterocycles. The van der Waals surface area contributed by atoms with Crippen molar-refractivity contribution in [1.29, 1.82) is 0 Å². The average Bonchev–Trinajstić information content (AvgIpc) is 2.58. The van der Waals surface area contributed by atoms with E-state index in [1.165, 1.54) is 0 Å². The maximum Gasteiger partial charge on any atom is 0.312 e. The Labute approximate surface area is 180 Å². The van der Waals surface area contributed by atoms with Crippen molar-refractivity contribution in [1.82, 2.24) is 0 Å². The second-order valence-corrected chi connectivity index (χ2v) is 8.43. The molecule has 0 heterocycles. The molecule has 0 spiro atoms. The first-order valence-electron chi connectivity index (χ1n) is 8.58. The SMILES string of the molecule is Cc1c(NC(=O)CC(=O)O)cc(Br)c(Oc2ccc(O)c(CC(C)C)c2)c1Br. The van der Waals surface area contributed by atoms with Crippen LogP contribution in [0.5, 0.6) is 17.2 Å². The fraction of sp³-hybridized carbons (Fsp3) is 0.300. The molecule has 0 aliphatic carbocycles. The number of aromatic hydroxyl groups is 1. The van der Waals surface area contributed by atoms with Crippen molar-refractivity contribution in [2.24, 2.45) is 5.92 Å². The Morgan fingerprint density at radius 1 is 1.21 bits per heavy atom. The molecule has 2 aromatic carbocycles. The van der Waals surface area contributed by atoms with Gasteiger partial charge in [-0.25, -0.2) is 0 Å². The highest BCUT2D eigenvalue weighted by atomic mass is 79.9. The number of phenolic OH excluding ortho intramolecular Hbond substituents is 1. The molecule has 28 heavy (non-hydrogen) atoms. The Kier molecular flexibility index (Phi) is 7.48. The molecule has 0 fully saturated rings. The minimum atomic E-state index is -1.20. The monoisotopic (exact) mass is 513 g/mol. The van der Waals surface area contributed by atoms with Crippen LogP contribution in [0.2, 0.25) is 0 Å². The van der Waals surface area contributed by atoms with Crippen LogP contribution < -0.4 is 10.1 Å². The number of carbonyl (C=O) groups excluding carboxylic acids is 1. The average molecular weight is 515 g/mol.